The smallest absolute Gasteiger partial charge is 0.251 e. The molecular formula is C13H12N2O. The summed E-state index contributed by atoms with van der Waals surface area (Å²) < 4.78 is 0. The zero-order valence-corrected chi connectivity index (χ0v) is 8.97. The number of hydrogen-bond acceptors (Lipinski definition) is 2. The van der Waals surface area contributed by atoms with E-state index < -0.39 is 0 Å². The average Bonchev–Trinajstić information content (AvgIpc) is 2.32. The lowest BCUT2D eigenvalue weighted by Gasteiger charge is -2.50. The third kappa shape index (κ3) is 0.992. The van der Waals surface area contributed by atoms with Crippen LogP contribution in [0.3, 0.4) is 0 Å². The highest BCUT2D eigenvalue weighted by Crippen LogP contribution is 2.49. The van der Waals surface area contributed by atoms with E-state index in [2.05, 4.69) is 11.4 Å². The maximum Gasteiger partial charge on any atom is 0.251 e. The van der Waals surface area contributed by atoms with Crippen LogP contribution in [0.25, 0.3) is 0 Å². The molecule has 1 saturated carbocycles. The molecule has 0 saturated heterocycles. The van der Waals surface area contributed by atoms with Gasteiger partial charge in [-0.25, -0.2) is 0 Å². The van der Waals surface area contributed by atoms with Gasteiger partial charge in [0.15, 0.2) is 0 Å². The van der Waals surface area contributed by atoms with E-state index in [9.17, 15) is 4.79 Å². The Morgan fingerprint density at radius 1 is 1.38 bits per heavy atom. The number of carbonyl (C=O) groups is 1. The molecule has 1 aliphatic carbocycles. The summed E-state index contributed by atoms with van der Waals surface area (Å²) in [5, 5.41) is 12.1. The van der Waals surface area contributed by atoms with Crippen LogP contribution in [-0.2, 0) is 0 Å². The van der Waals surface area contributed by atoms with Crippen molar-refractivity contribution < 1.29 is 4.79 Å². The summed E-state index contributed by atoms with van der Waals surface area (Å²) in [7, 11) is 0. The van der Waals surface area contributed by atoms with Gasteiger partial charge in [-0.1, -0.05) is 25.1 Å². The molecule has 1 aromatic carbocycles. The largest absolute Gasteiger partial charge is 0.348 e. The van der Waals surface area contributed by atoms with Gasteiger partial charge in [0, 0.05) is 17.5 Å². The number of fused-ring (bicyclic) bond motifs is 3. The summed E-state index contributed by atoms with van der Waals surface area (Å²) in [6.07, 6.45) is 0. The molecule has 0 unspecified atom stereocenters. The Kier molecular flexibility index (Phi) is 1.81. The fourth-order valence-corrected chi connectivity index (χ4v) is 2.98. The third-order valence-corrected chi connectivity index (χ3v) is 3.92. The van der Waals surface area contributed by atoms with Crippen molar-refractivity contribution in [2.24, 2.45) is 11.8 Å². The highest BCUT2D eigenvalue weighted by molar-refractivity contribution is 5.97. The number of benzene rings is 1. The van der Waals surface area contributed by atoms with E-state index in [1.54, 1.807) is 0 Å². The minimum absolute atomic E-state index is 0.0000831. The van der Waals surface area contributed by atoms with Gasteiger partial charge >= 0.3 is 0 Å². The number of carbonyl (C=O) groups excluding carboxylic acids is 1. The third-order valence-electron chi connectivity index (χ3n) is 3.92. The van der Waals surface area contributed by atoms with Crippen LogP contribution in [-0.4, -0.2) is 11.9 Å². The molecule has 3 rings (SSSR count). The molecule has 0 spiro atoms. The second-order valence-corrected chi connectivity index (χ2v) is 4.63. The van der Waals surface area contributed by atoms with Crippen LogP contribution in [0, 0.1) is 23.2 Å². The lowest BCUT2D eigenvalue weighted by Crippen LogP contribution is -2.60. The van der Waals surface area contributed by atoms with Crippen LogP contribution >= 0.6 is 0 Å². The van der Waals surface area contributed by atoms with E-state index in [0.717, 1.165) is 11.1 Å². The van der Waals surface area contributed by atoms with Gasteiger partial charge in [-0.15, -0.1) is 0 Å². The molecule has 3 nitrogen and oxygen atoms in total. The average molecular weight is 212 g/mol. The van der Waals surface area contributed by atoms with Gasteiger partial charge in [0.1, 0.15) is 0 Å². The molecule has 1 N–H and O–H groups in total. The molecule has 1 amide bonds. The Morgan fingerprint density at radius 3 is 2.88 bits per heavy atom. The van der Waals surface area contributed by atoms with E-state index in [-0.39, 0.29) is 29.7 Å². The van der Waals surface area contributed by atoms with Crippen LogP contribution in [0.15, 0.2) is 24.3 Å². The van der Waals surface area contributed by atoms with Crippen LogP contribution in [0.5, 0.6) is 0 Å². The van der Waals surface area contributed by atoms with Gasteiger partial charge in [-0.05, 0) is 17.5 Å². The summed E-state index contributed by atoms with van der Waals surface area (Å²) in [5.74, 6) is 0.480. The second kappa shape index (κ2) is 3.08. The van der Waals surface area contributed by atoms with Crippen molar-refractivity contribution in [3.63, 3.8) is 0 Å². The van der Waals surface area contributed by atoms with Gasteiger partial charge in [0.25, 0.3) is 5.91 Å². The lowest BCUT2D eigenvalue weighted by atomic mass is 9.57. The van der Waals surface area contributed by atoms with Gasteiger partial charge in [-0.2, -0.15) is 5.26 Å². The fraction of sp³-hybridized carbons (Fsp3) is 0.385. The Bertz CT molecular complexity index is 503. The Morgan fingerprint density at radius 2 is 2.12 bits per heavy atom. The summed E-state index contributed by atoms with van der Waals surface area (Å²) in [4.78, 5) is 11.8. The number of nitrogens with one attached hydrogen (secondary N) is 1. The maximum absolute atomic E-state index is 11.8. The van der Waals surface area contributed by atoms with Crippen LogP contribution in [0.4, 0.5) is 0 Å². The lowest BCUT2D eigenvalue weighted by molar-refractivity contribution is 0.0710. The molecule has 1 aliphatic heterocycles. The quantitative estimate of drug-likeness (QED) is 0.711. The van der Waals surface area contributed by atoms with E-state index >= 15 is 0 Å². The molecule has 80 valence electrons. The molecule has 2 aliphatic rings. The first-order chi connectivity index (χ1) is 7.74. The zero-order chi connectivity index (χ0) is 11.3. The molecule has 16 heavy (non-hydrogen) atoms. The molecule has 4 atom stereocenters. The summed E-state index contributed by atoms with van der Waals surface area (Å²) in [6, 6.07) is 10.1. The van der Waals surface area contributed by atoms with E-state index in [1.165, 1.54) is 0 Å². The second-order valence-electron chi connectivity index (χ2n) is 4.63. The van der Waals surface area contributed by atoms with Crippen LogP contribution < -0.4 is 5.32 Å². The summed E-state index contributed by atoms with van der Waals surface area (Å²) in [5.41, 5.74) is 1.77. The van der Waals surface area contributed by atoms with Crippen molar-refractivity contribution in [3.8, 4) is 6.07 Å². The first kappa shape index (κ1) is 9.41. The van der Waals surface area contributed by atoms with Crippen molar-refractivity contribution >= 4 is 5.91 Å². The predicted molar refractivity (Wildman–Crippen MR) is 58.7 cm³/mol. The first-order valence-electron chi connectivity index (χ1n) is 5.53. The van der Waals surface area contributed by atoms with Crippen LogP contribution in [0.2, 0.25) is 0 Å². The monoisotopic (exact) mass is 212 g/mol. The number of nitriles is 1. The highest BCUT2D eigenvalue weighted by atomic mass is 16.1. The number of amides is 1. The maximum atomic E-state index is 11.8. The molecule has 3 heteroatoms. The Hall–Kier alpha value is -1.82. The standard InChI is InChI=1S/C13H12N2O/c1-7-10(6-14)11-8-4-2-3-5-9(8)13(16)15-12(7)11/h2-5,7,10-12H,1H3,(H,15,16)/t7-,10-,11+,12-/m0/s1. The highest BCUT2D eigenvalue weighted by Gasteiger charge is 2.52. The normalized spacial score (nSPS) is 35.1. The van der Waals surface area contributed by atoms with E-state index in [4.69, 9.17) is 5.26 Å². The minimum Gasteiger partial charge on any atom is -0.348 e. The van der Waals surface area contributed by atoms with Crippen molar-refractivity contribution in [1.29, 1.82) is 5.26 Å². The molecule has 0 radical (unpaired) electrons. The number of nitrogens with zero attached hydrogens (tertiary/aromatic N) is 1. The van der Waals surface area contributed by atoms with Gasteiger partial charge in [0.2, 0.25) is 0 Å². The molecule has 0 bridgehead atoms. The molecule has 1 fully saturated rings. The van der Waals surface area contributed by atoms with Gasteiger partial charge in [-0.3, -0.25) is 4.79 Å². The molecule has 1 aromatic rings. The van der Waals surface area contributed by atoms with Crippen molar-refractivity contribution in [1.82, 2.24) is 5.32 Å². The SMILES string of the molecule is C[C@H]1[C@H](C#N)[C@H]2c3ccccc3C(=O)N[C@@H]12. The first-order valence-corrected chi connectivity index (χ1v) is 5.53. The topological polar surface area (TPSA) is 52.9 Å². The number of hydrogen-bond donors (Lipinski definition) is 1. The van der Waals surface area contributed by atoms with Crippen molar-refractivity contribution in [2.45, 2.75) is 18.9 Å². The fourth-order valence-electron chi connectivity index (χ4n) is 2.98. The van der Waals surface area contributed by atoms with Gasteiger partial charge in [0.05, 0.1) is 12.0 Å². The van der Waals surface area contributed by atoms with Crippen molar-refractivity contribution in [2.75, 3.05) is 0 Å². The van der Waals surface area contributed by atoms with E-state index in [1.807, 2.05) is 31.2 Å². The summed E-state index contributed by atoms with van der Waals surface area (Å²) >= 11 is 0. The molecule has 0 aromatic heterocycles. The Balaban J connectivity index is 2.10. The Labute approximate surface area is 94.1 Å². The zero-order valence-electron chi connectivity index (χ0n) is 8.97. The number of rotatable bonds is 0. The van der Waals surface area contributed by atoms with E-state index in [0.29, 0.717) is 0 Å². The van der Waals surface area contributed by atoms with Crippen LogP contribution in [0.1, 0.15) is 28.8 Å². The summed E-state index contributed by atoms with van der Waals surface area (Å²) in [6.45, 7) is 2.03. The van der Waals surface area contributed by atoms with Gasteiger partial charge < -0.3 is 5.32 Å². The predicted octanol–water partition coefficient (Wildman–Crippen LogP) is 1.67. The molecular weight excluding hydrogens is 200 g/mol. The van der Waals surface area contributed by atoms with Crippen molar-refractivity contribution in [3.05, 3.63) is 35.4 Å². The molecule has 1 heterocycles. The minimum atomic E-state index is 0.0000831.